The molecule has 1 aromatic carbocycles. The fraction of sp³-hybridized carbons (Fsp3) is 0.250. The molecule has 2 aromatic rings. The van der Waals surface area contributed by atoms with E-state index in [1.165, 1.54) is 0 Å². The van der Waals surface area contributed by atoms with Gasteiger partial charge in [-0.05, 0) is 35.7 Å². The zero-order valence-corrected chi connectivity index (χ0v) is 12.0. The predicted octanol–water partition coefficient (Wildman–Crippen LogP) is 1.99. The summed E-state index contributed by atoms with van der Waals surface area (Å²) in [4.78, 5) is 22.2. The number of rotatable bonds is 8. The Bertz CT molecular complexity index is 621. The highest BCUT2D eigenvalue weighted by atomic mass is 16.5. The van der Waals surface area contributed by atoms with E-state index < -0.39 is 5.97 Å². The van der Waals surface area contributed by atoms with Crippen molar-refractivity contribution in [1.82, 2.24) is 5.32 Å². The number of carboxylic acid groups (broad SMARTS) is 1. The summed E-state index contributed by atoms with van der Waals surface area (Å²) in [5.41, 5.74) is 1.83. The largest absolute Gasteiger partial charge is 0.482 e. The number of aryl methyl sites for hydroxylation is 1. The fourth-order valence-electron chi connectivity index (χ4n) is 1.87. The second-order valence-electron chi connectivity index (χ2n) is 4.74. The number of carbonyl (C=O) groups excluding carboxylic acids is 1. The number of amides is 1. The SMILES string of the molecule is O=C(O)COc1cccc(CNC(=O)CCc2ccoc2)c1. The van der Waals surface area contributed by atoms with Crippen LogP contribution in [0.25, 0.3) is 0 Å². The van der Waals surface area contributed by atoms with Crippen LogP contribution >= 0.6 is 0 Å². The molecule has 0 unspecified atom stereocenters. The van der Waals surface area contributed by atoms with Gasteiger partial charge in [-0.1, -0.05) is 12.1 Å². The third-order valence-electron chi connectivity index (χ3n) is 2.97. The monoisotopic (exact) mass is 303 g/mol. The standard InChI is InChI=1S/C16H17NO5/c18-15(5-4-12-6-7-21-10-12)17-9-13-2-1-3-14(8-13)22-11-16(19)20/h1-3,6-8,10H,4-5,9,11H2,(H,17,18)(H,19,20). The van der Waals surface area contributed by atoms with Gasteiger partial charge in [0.2, 0.25) is 5.91 Å². The van der Waals surface area contributed by atoms with Crippen LogP contribution in [0.5, 0.6) is 5.75 Å². The van der Waals surface area contributed by atoms with Crippen LogP contribution in [0.4, 0.5) is 0 Å². The van der Waals surface area contributed by atoms with Gasteiger partial charge in [-0.15, -0.1) is 0 Å². The average molecular weight is 303 g/mol. The number of ether oxygens (including phenoxy) is 1. The summed E-state index contributed by atoms with van der Waals surface area (Å²) in [6.45, 7) is -0.0188. The zero-order chi connectivity index (χ0) is 15.8. The first-order valence-corrected chi connectivity index (χ1v) is 6.85. The van der Waals surface area contributed by atoms with Crippen molar-refractivity contribution in [2.75, 3.05) is 6.61 Å². The second-order valence-corrected chi connectivity index (χ2v) is 4.74. The van der Waals surface area contributed by atoms with Gasteiger partial charge in [0.05, 0.1) is 12.5 Å². The maximum Gasteiger partial charge on any atom is 0.341 e. The molecule has 2 rings (SSSR count). The molecule has 1 aromatic heterocycles. The van der Waals surface area contributed by atoms with Crippen LogP contribution in [0.1, 0.15) is 17.5 Å². The summed E-state index contributed by atoms with van der Waals surface area (Å²) in [6.07, 6.45) is 4.21. The Morgan fingerprint density at radius 1 is 1.23 bits per heavy atom. The van der Waals surface area contributed by atoms with Crippen molar-refractivity contribution in [3.63, 3.8) is 0 Å². The number of carbonyl (C=O) groups is 2. The van der Waals surface area contributed by atoms with Gasteiger partial charge in [0.15, 0.2) is 6.61 Å². The van der Waals surface area contributed by atoms with Gasteiger partial charge < -0.3 is 19.6 Å². The minimum absolute atomic E-state index is 0.0574. The van der Waals surface area contributed by atoms with Crippen molar-refractivity contribution in [2.45, 2.75) is 19.4 Å². The van der Waals surface area contributed by atoms with Crippen molar-refractivity contribution in [3.05, 3.63) is 54.0 Å². The average Bonchev–Trinajstić information content (AvgIpc) is 3.03. The van der Waals surface area contributed by atoms with Crippen molar-refractivity contribution in [1.29, 1.82) is 0 Å². The molecule has 0 aliphatic rings. The number of hydrogen-bond acceptors (Lipinski definition) is 4. The molecule has 0 spiro atoms. The van der Waals surface area contributed by atoms with Crippen LogP contribution < -0.4 is 10.1 Å². The lowest BCUT2D eigenvalue weighted by molar-refractivity contribution is -0.139. The van der Waals surface area contributed by atoms with Gasteiger partial charge in [0, 0.05) is 13.0 Å². The number of aliphatic carboxylic acids is 1. The van der Waals surface area contributed by atoms with Gasteiger partial charge in [-0.2, -0.15) is 0 Å². The first-order chi connectivity index (χ1) is 10.6. The molecule has 0 atom stereocenters. The van der Waals surface area contributed by atoms with Crippen molar-refractivity contribution < 1.29 is 23.8 Å². The number of carboxylic acids is 1. The number of benzene rings is 1. The van der Waals surface area contributed by atoms with E-state index in [1.807, 2.05) is 12.1 Å². The van der Waals surface area contributed by atoms with Crippen LogP contribution in [0.2, 0.25) is 0 Å². The second kappa shape index (κ2) is 7.87. The maximum atomic E-state index is 11.8. The van der Waals surface area contributed by atoms with Crippen LogP contribution in [0.3, 0.4) is 0 Å². The molecule has 0 saturated heterocycles. The summed E-state index contributed by atoms with van der Waals surface area (Å²) in [6, 6.07) is 8.80. The molecule has 6 nitrogen and oxygen atoms in total. The number of nitrogens with one attached hydrogen (secondary N) is 1. The Morgan fingerprint density at radius 2 is 2.09 bits per heavy atom. The summed E-state index contributed by atoms with van der Waals surface area (Å²) in [5.74, 6) is -0.622. The third-order valence-corrected chi connectivity index (χ3v) is 2.97. The van der Waals surface area contributed by atoms with Crippen LogP contribution in [-0.2, 0) is 22.6 Å². The molecule has 2 N–H and O–H groups in total. The van der Waals surface area contributed by atoms with E-state index in [-0.39, 0.29) is 12.5 Å². The molecule has 1 heterocycles. The fourth-order valence-corrected chi connectivity index (χ4v) is 1.87. The van der Waals surface area contributed by atoms with E-state index in [0.29, 0.717) is 25.1 Å². The minimum Gasteiger partial charge on any atom is -0.482 e. The normalized spacial score (nSPS) is 10.2. The molecule has 0 fully saturated rings. The molecule has 22 heavy (non-hydrogen) atoms. The lowest BCUT2D eigenvalue weighted by Gasteiger charge is -2.07. The summed E-state index contributed by atoms with van der Waals surface area (Å²) in [5, 5.41) is 11.4. The van der Waals surface area contributed by atoms with E-state index in [4.69, 9.17) is 14.3 Å². The van der Waals surface area contributed by atoms with Crippen molar-refractivity contribution in [2.24, 2.45) is 0 Å². The Hall–Kier alpha value is -2.76. The van der Waals surface area contributed by atoms with Crippen LogP contribution in [-0.4, -0.2) is 23.6 Å². The Kier molecular flexibility index (Phi) is 5.59. The van der Waals surface area contributed by atoms with E-state index >= 15 is 0 Å². The lowest BCUT2D eigenvalue weighted by Crippen LogP contribution is -2.23. The highest BCUT2D eigenvalue weighted by Gasteiger charge is 2.04. The summed E-state index contributed by atoms with van der Waals surface area (Å²) < 4.78 is 10.0. The third kappa shape index (κ3) is 5.32. The Balaban J connectivity index is 1.76. The minimum atomic E-state index is -1.03. The van der Waals surface area contributed by atoms with Gasteiger partial charge in [0.25, 0.3) is 0 Å². The highest BCUT2D eigenvalue weighted by Crippen LogP contribution is 2.13. The van der Waals surface area contributed by atoms with E-state index in [2.05, 4.69) is 5.32 Å². The first kappa shape index (κ1) is 15.6. The molecule has 0 bridgehead atoms. The van der Waals surface area contributed by atoms with E-state index in [1.54, 1.807) is 30.7 Å². The number of furan rings is 1. The summed E-state index contributed by atoms with van der Waals surface area (Å²) in [7, 11) is 0. The first-order valence-electron chi connectivity index (χ1n) is 6.85. The maximum absolute atomic E-state index is 11.8. The Labute approximate surface area is 127 Å². The zero-order valence-electron chi connectivity index (χ0n) is 12.0. The molecule has 0 aliphatic heterocycles. The smallest absolute Gasteiger partial charge is 0.341 e. The van der Waals surface area contributed by atoms with E-state index in [0.717, 1.165) is 11.1 Å². The predicted molar refractivity (Wildman–Crippen MR) is 78.4 cm³/mol. The lowest BCUT2D eigenvalue weighted by atomic mass is 10.1. The number of hydrogen-bond donors (Lipinski definition) is 2. The molecule has 116 valence electrons. The molecular weight excluding hydrogens is 286 g/mol. The van der Waals surface area contributed by atoms with Gasteiger partial charge in [-0.25, -0.2) is 4.79 Å². The molecule has 6 heteroatoms. The van der Waals surface area contributed by atoms with Gasteiger partial charge >= 0.3 is 5.97 Å². The molecule has 0 radical (unpaired) electrons. The van der Waals surface area contributed by atoms with Crippen molar-refractivity contribution in [3.8, 4) is 5.75 Å². The molecular formula is C16H17NO5. The molecule has 0 aliphatic carbocycles. The topological polar surface area (TPSA) is 88.8 Å². The van der Waals surface area contributed by atoms with Crippen LogP contribution in [0.15, 0.2) is 47.3 Å². The molecule has 0 saturated carbocycles. The summed E-state index contributed by atoms with van der Waals surface area (Å²) >= 11 is 0. The quantitative estimate of drug-likeness (QED) is 0.778. The highest BCUT2D eigenvalue weighted by molar-refractivity contribution is 5.76. The van der Waals surface area contributed by atoms with Crippen LogP contribution in [0, 0.1) is 0 Å². The van der Waals surface area contributed by atoms with Gasteiger partial charge in [0.1, 0.15) is 5.75 Å². The Morgan fingerprint density at radius 3 is 2.82 bits per heavy atom. The van der Waals surface area contributed by atoms with Gasteiger partial charge in [-0.3, -0.25) is 4.79 Å². The van der Waals surface area contributed by atoms with Crippen molar-refractivity contribution >= 4 is 11.9 Å². The van der Waals surface area contributed by atoms with E-state index in [9.17, 15) is 9.59 Å². The molecule has 1 amide bonds.